The van der Waals surface area contributed by atoms with E-state index in [9.17, 15) is 0 Å². The number of aromatic nitrogens is 2. The summed E-state index contributed by atoms with van der Waals surface area (Å²) in [5.41, 5.74) is 10.2. The Bertz CT molecular complexity index is 843. The molecule has 0 spiro atoms. The van der Waals surface area contributed by atoms with Crippen LogP contribution < -0.4 is 15.2 Å². The largest absolute Gasteiger partial charge is 0.497 e. The number of hydrogen-bond acceptors (Lipinski definition) is 4. The average Bonchev–Trinajstić information content (AvgIpc) is 3.05. The number of nitrogens with two attached hydrogens (primary N) is 1. The van der Waals surface area contributed by atoms with E-state index in [1.54, 1.807) is 14.2 Å². The molecule has 2 N–H and O–H groups in total. The molecule has 1 heterocycles. The molecular formula is C20H23N3O2. The quantitative estimate of drug-likeness (QED) is 0.750. The van der Waals surface area contributed by atoms with Gasteiger partial charge in [0, 0.05) is 42.4 Å². The molecule has 5 heteroatoms. The van der Waals surface area contributed by atoms with Crippen LogP contribution in [0.15, 0.2) is 54.6 Å². The van der Waals surface area contributed by atoms with Crippen LogP contribution in [0.2, 0.25) is 0 Å². The van der Waals surface area contributed by atoms with Crippen LogP contribution in [0.1, 0.15) is 17.2 Å². The van der Waals surface area contributed by atoms with Crippen LogP contribution in [-0.2, 0) is 7.05 Å². The lowest BCUT2D eigenvalue weighted by Gasteiger charge is -2.19. The summed E-state index contributed by atoms with van der Waals surface area (Å²) >= 11 is 0. The maximum absolute atomic E-state index is 6.12. The molecule has 0 aliphatic carbocycles. The molecule has 130 valence electrons. The zero-order valence-corrected chi connectivity index (χ0v) is 14.8. The molecule has 0 saturated carbocycles. The van der Waals surface area contributed by atoms with Gasteiger partial charge in [-0.2, -0.15) is 5.10 Å². The number of rotatable bonds is 6. The molecule has 25 heavy (non-hydrogen) atoms. The highest BCUT2D eigenvalue weighted by Gasteiger charge is 2.22. The van der Waals surface area contributed by atoms with E-state index in [0.29, 0.717) is 6.54 Å². The van der Waals surface area contributed by atoms with Gasteiger partial charge >= 0.3 is 0 Å². The first-order valence-electron chi connectivity index (χ1n) is 8.19. The monoisotopic (exact) mass is 337 g/mol. The molecule has 2 aromatic carbocycles. The average molecular weight is 337 g/mol. The van der Waals surface area contributed by atoms with Gasteiger partial charge in [0.2, 0.25) is 0 Å². The lowest BCUT2D eigenvalue weighted by Crippen LogP contribution is -2.17. The predicted molar refractivity (Wildman–Crippen MR) is 99.1 cm³/mol. The minimum absolute atomic E-state index is 0.0178. The van der Waals surface area contributed by atoms with Crippen molar-refractivity contribution in [1.29, 1.82) is 0 Å². The summed E-state index contributed by atoms with van der Waals surface area (Å²) in [5, 5.41) is 4.66. The zero-order valence-electron chi connectivity index (χ0n) is 14.8. The first kappa shape index (κ1) is 17.0. The van der Waals surface area contributed by atoms with E-state index in [2.05, 4.69) is 23.3 Å². The van der Waals surface area contributed by atoms with Crippen LogP contribution in [0.25, 0.3) is 11.3 Å². The van der Waals surface area contributed by atoms with Gasteiger partial charge in [-0.25, -0.2) is 0 Å². The maximum Gasteiger partial charge on any atom is 0.126 e. The molecule has 0 aliphatic heterocycles. The van der Waals surface area contributed by atoms with E-state index in [-0.39, 0.29) is 5.92 Å². The van der Waals surface area contributed by atoms with Crippen LogP contribution in [0.5, 0.6) is 11.5 Å². The van der Waals surface area contributed by atoms with Gasteiger partial charge in [0.05, 0.1) is 19.9 Å². The lowest BCUT2D eigenvalue weighted by atomic mass is 9.94. The van der Waals surface area contributed by atoms with E-state index >= 15 is 0 Å². The second-order valence-electron chi connectivity index (χ2n) is 5.84. The van der Waals surface area contributed by atoms with Crippen LogP contribution in [0.3, 0.4) is 0 Å². The van der Waals surface area contributed by atoms with Gasteiger partial charge in [-0.05, 0) is 12.1 Å². The van der Waals surface area contributed by atoms with Crippen molar-refractivity contribution in [2.24, 2.45) is 12.8 Å². The molecule has 3 rings (SSSR count). The first-order chi connectivity index (χ1) is 12.2. The third kappa shape index (κ3) is 3.37. The van der Waals surface area contributed by atoms with E-state index in [1.165, 1.54) is 0 Å². The summed E-state index contributed by atoms with van der Waals surface area (Å²) in [6.07, 6.45) is 0. The van der Waals surface area contributed by atoms with Gasteiger partial charge in [-0.15, -0.1) is 0 Å². The number of nitrogens with zero attached hydrogens (tertiary/aromatic N) is 2. The summed E-state index contributed by atoms with van der Waals surface area (Å²) < 4.78 is 12.7. The molecule has 0 fully saturated rings. The van der Waals surface area contributed by atoms with Crippen molar-refractivity contribution in [1.82, 2.24) is 9.78 Å². The van der Waals surface area contributed by atoms with Crippen molar-refractivity contribution in [2.45, 2.75) is 5.92 Å². The van der Waals surface area contributed by atoms with Crippen molar-refractivity contribution in [2.75, 3.05) is 20.8 Å². The topological polar surface area (TPSA) is 62.3 Å². The fourth-order valence-corrected chi connectivity index (χ4v) is 3.07. The zero-order chi connectivity index (χ0) is 17.8. The number of hydrogen-bond donors (Lipinski definition) is 1. The molecule has 0 aliphatic rings. The Labute approximate surface area is 148 Å². The Morgan fingerprint density at radius 2 is 1.80 bits per heavy atom. The number of benzene rings is 2. The van der Waals surface area contributed by atoms with Crippen molar-refractivity contribution in [3.63, 3.8) is 0 Å². The summed E-state index contributed by atoms with van der Waals surface area (Å²) in [7, 11) is 5.24. The molecule has 0 amide bonds. The van der Waals surface area contributed by atoms with Crippen LogP contribution in [0.4, 0.5) is 0 Å². The summed E-state index contributed by atoms with van der Waals surface area (Å²) in [6, 6.07) is 18.0. The van der Waals surface area contributed by atoms with Crippen molar-refractivity contribution < 1.29 is 9.47 Å². The molecule has 1 unspecified atom stereocenters. The van der Waals surface area contributed by atoms with Gasteiger partial charge in [0.25, 0.3) is 0 Å². The summed E-state index contributed by atoms with van der Waals surface area (Å²) in [6.45, 7) is 0.455. The van der Waals surface area contributed by atoms with E-state index < -0.39 is 0 Å². The Morgan fingerprint density at radius 1 is 1.04 bits per heavy atom. The molecule has 1 aromatic heterocycles. The molecule has 1 atom stereocenters. The summed E-state index contributed by atoms with van der Waals surface area (Å²) in [5.74, 6) is 1.50. The predicted octanol–water partition coefficient (Wildman–Crippen LogP) is 3.19. The van der Waals surface area contributed by atoms with Crippen molar-refractivity contribution >= 4 is 0 Å². The lowest BCUT2D eigenvalue weighted by molar-refractivity contribution is 0.389. The molecule has 5 nitrogen and oxygen atoms in total. The van der Waals surface area contributed by atoms with E-state index in [1.807, 2.05) is 48.1 Å². The Morgan fingerprint density at radius 3 is 2.44 bits per heavy atom. The SMILES string of the molecule is COc1ccc(C(CN)c2cc(-c3ccccc3)nn2C)c(OC)c1. The molecule has 0 bridgehead atoms. The highest BCUT2D eigenvalue weighted by molar-refractivity contribution is 5.60. The van der Waals surface area contributed by atoms with Crippen molar-refractivity contribution in [3.8, 4) is 22.8 Å². The Balaban J connectivity index is 2.04. The molecular weight excluding hydrogens is 314 g/mol. The summed E-state index contributed by atoms with van der Waals surface area (Å²) in [4.78, 5) is 0. The maximum atomic E-state index is 6.12. The fraction of sp³-hybridized carbons (Fsp3) is 0.250. The van der Waals surface area contributed by atoms with Crippen LogP contribution in [0, 0.1) is 0 Å². The molecule has 0 radical (unpaired) electrons. The second kappa shape index (κ2) is 7.40. The fourth-order valence-electron chi connectivity index (χ4n) is 3.07. The van der Waals surface area contributed by atoms with Crippen LogP contribution >= 0.6 is 0 Å². The van der Waals surface area contributed by atoms with Gasteiger partial charge < -0.3 is 15.2 Å². The van der Waals surface area contributed by atoms with Gasteiger partial charge in [-0.1, -0.05) is 36.4 Å². The minimum atomic E-state index is -0.0178. The normalized spacial score (nSPS) is 12.0. The third-order valence-corrected chi connectivity index (χ3v) is 4.39. The highest BCUT2D eigenvalue weighted by atomic mass is 16.5. The first-order valence-corrected chi connectivity index (χ1v) is 8.19. The number of methoxy groups -OCH3 is 2. The second-order valence-corrected chi connectivity index (χ2v) is 5.84. The van der Waals surface area contributed by atoms with Gasteiger partial charge in [-0.3, -0.25) is 4.68 Å². The van der Waals surface area contributed by atoms with E-state index in [0.717, 1.165) is 34.0 Å². The minimum Gasteiger partial charge on any atom is -0.497 e. The number of aryl methyl sites for hydroxylation is 1. The molecule has 0 saturated heterocycles. The van der Waals surface area contributed by atoms with Crippen molar-refractivity contribution in [3.05, 3.63) is 65.9 Å². The Kier molecular flexibility index (Phi) is 5.05. The molecule has 3 aromatic rings. The number of ether oxygens (including phenoxy) is 2. The smallest absolute Gasteiger partial charge is 0.126 e. The Hall–Kier alpha value is -2.79. The van der Waals surface area contributed by atoms with Crippen LogP contribution in [-0.4, -0.2) is 30.5 Å². The van der Waals surface area contributed by atoms with E-state index in [4.69, 9.17) is 15.2 Å². The highest BCUT2D eigenvalue weighted by Crippen LogP contribution is 2.35. The van der Waals surface area contributed by atoms with Gasteiger partial charge in [0.1, 0.15) is 11.5 Å². The van der Waals surface area contributed by atoms with Gasteiger partial charge in [0.15, 0.2) is 0 Å². The third-order valence-electron chi connectivity index (χ3n) is 4.39. The standard InChI is InChI=1S/C20H23N3O2/c1-23-19(12-18(22-23)14-7-5-4-6-8-14)17(13-21)16-10-9-15(24-2)11-20(16)25-3/h4-12,17H,13,21H2,1-3H3.